The first kappa shape index (κ1) is 25.5. The number of likely N-dealkylation sites (tertiary alicyclic amines) is 1. The Labute approximate surface area is 220 Å². The SMILES string of the molecule is COc1cc(N2CCC3(CCN(C(=O)c4ccc(C(=O)[O-])cc4)CC3)C2=O)ccc1-c1cn[nH]c1.[Li+]. The second-order valence-electron chi connectivity index (χ2n) is 9.02. The number of carboxylic acid groups (broad SMARTS) is 1. The number of benzene rings is 2. The molecule has 36 heavy (non-hydrogen) atoms. The van der Waals surface area contributed by atoms with E-state index in [2.05, 4.69) is 10.2 Å². The fourth-order valence-corrected chi connectivity index (χ4v) is 5.08. The van der Waals surface area contributed by atoms with Crippen molar-refractivity contribution in [2.24, 2.45) is 5.41 Å². The number of nitrogens with one attached hydrogen (secondary N) is 1. The quantitative estimate of drug-likeness (QED) is 0.474. The molecule has 9 nitrogen and oxygen atoms in total. The van der Waals surface area contributed by atoms with Crippen molar-refractivity contribution >= 4 is 23.5 Å². The number of aromatic amines is 1. The Morgan fingerprint density at radius 3 is 2.31 bits per heavy atom. The molecule has 0 bridgehead atoms. The molecule has 2 aliphatic heterocycles. The molecule has 0 saturated carbocycles. The molecule has 3 heterocycles. The van der Waals surface area contributed by atoms with Crippen LogP contribution in [0.25, 0.3) is 11.1 Å². The van der Waals surface area contributed by atoms with Gasteiger partial charge in [0.05, 0.1) is 24.7 Å². The number of methoxy groups -OCH3 is 1. The molecule has 0 unspecified atom stereocenters. The summed E-state index contributed by atoms with van der Waals surface area (Å²) in [6.45, 7) is 1.57. The van der Waals surface area contributed by atoms with Gasteiger partial charge in [0.2, 0.25) is 5.91 Å². The Bertz CT molecular complexity index is 1270. The summed E-state index contributed by atoms with van der Waals surface area (Å²) in [5, 5.41) is 17.7. The number of carbonyl (C=O) groups excluding carboxylic acids is 3. The van der Waals surface area contributed by atoms with Gasteiger partial charge in [-0.25, -0.2) is 0 Å². The number of carboxylic acids is 1. The molecular formula is C26H25LiN4O5. The number of anilines is 1. The van der Waals surface area contributed by atoms with E-state index in [0.717, 1.165) is 23.2 Å². The number of hydrogen-bond acceptors (Lipinski definition) is 6. The molecule has 10 heteroatoms. The summed E-state index contributed by atoms with van der Waals surface area (Å²) in [4.78, 5) is 40.9. The summed E-state index contributed by atoms with van der Waals surface area (Å²) >= 11 is 0. The number of amides is 2. The van der Waals surface area contributed by atoms with E-state index in [1.165, 1.54) is 24.3 Å². The van der Waals surface area contributed by atoms with Crippen LogP contribution in [0.1, 0.15) is 40.0 Å². The Hall–Kier alpha value is -3.54. The first-order valence-electron chi connectivity index (χ1n) is 11.5. The van der Waals surface area contributed by atoms with E-state index in [-0.39, 0.29) is 36.2 Å². The summed E-state index contributed by atoms with van der Waals surface area (Å²) in [5.41, 5.74) is 2.57. The van der Waals surface area contributed by atoms with Crippen molar-refractivity contribution in [1.82, 2.24) is 15.1 Å². The largest absolute Gasteiger partial charge is 1.00 e. The van der Waals surface area contributed by atoms with Gasteiger partial charge in [-0.1, -0.05) is 12.1 Å². The normalized spacial score (nSPS) is 16.6. The van der Waals surface area contributed by atoms with Gasteiger partial charge in [0.25, 0.3) is 5.91 Å². The minimum Gasteiger partial charge on any atom is -0.545 e. The van der Waals surface area contributed by atoms with Crippen LogP contribution in [0.15, 0.2) is 54.9 Å². The van der Waals surface area contributed by atoms with Crippen LogP contribution < -0.4 is 33.6 Å². The van der Waals surface area contributed by atoms with Crippen molar-refractivity contribution in [2.45, 2.75) is 19.3 Å². The van der Waals surface area contributed by atoms with Crippen molar-refractivity contribution in [3.63, 3.8) is 0 Å². The van der Waals surface area contributed by atoms with Crippen LogP contribution in [-0.4, -0.2) is 59.6 Å². The molecule has 0 aliphatic carbocycles. The van der Waals surface area contributed by atoms with Crippen LogP contribution in [0.4, 0.5) is 5.69 Å². The first-order chi connectivity index (χ1) is 16.9. The number of hydrogen-bond donors (Lipinski definition) is 1. The molecule has 3 aromatic rings. The Balaban J connectivity index is 0.00000304. The van der Waals surface area contributed by atoms with Crippen molar-refractivity contribution in [3.8, 4) is 16.9 Å². The molecule has 0 radical (unpaired) electrons. The summed E-state index contributed by atoms with van der Waals surface area (Å²) in [7, 11) is 1.61. The zero-order valence-electron chi connectivity index (χ0n) is 20.3. The second-order valence-corrected chi connectivity index (χ2v) is 9.02. The van der Waals surface area contributed by atoms with E-state index in [1.54, 1.807) is 24.4 Å². The average Bonchev–Trinajstić information content (AvgIpc) is 3.53. The molecule has 1 aromatic heterocycles. The third-order valence-corrected chi connectivity index (χ3v) is 7.19. The second kappa shape index (κ2) is 10.2. The smallest absolute Gasteiger partial charge is 0.545 e. The number of rotatable bonds is 5. The van der Waals surface area contributed by atoms with Crippen LogP contribution in [-0.2, 0) is 4.79 Å². The third-order valence-electron chi connectivity index (χ3n) is 7.19. The van der Waals surface area contributed by atoms with E-state index < -0.39 is 11.4 Å². The van der Waals surface area contributed by atoms with Gasteiger partial charge in [-0.3, -0.25) is 14.7 Å². The first-order valence-corrected chi connectivity index (χ1v) is 11.5. The number of aromatic carboxylic acids is 1. The van der Waals surface area contributed by atoms with Gasteiger partial charge in [0.1, 0.15) is 5.75 Å². The summed E-state index contributed by atoms with van der Waals surface area (Å²) in [6, 6.07) is 11.5. The van der Waals surface area contributed by atoms with Gasteiger partial charge in [-0.05, 0) is 49.1 Å². The van der Waals surface area contributed by atoms with E-state index in [1.807, 2.05) is 23.1 Å². The fraction of sp³-hybridized carbons (Fsp3) is 0.308. The average molecular weight is 480 g/mol. The van der Waals surface area contributed by atoms with E-state index >= 15 is 0 Å². The maximum absolute atomic E-state index is 13.5. The molecule has 180 valence electrons. The van der Waals surface area contributed by atoms with Crippen LogP contribution in [0.3, 0.4) is 0 Å². The Kier molecular flexibility index (Phi) is 7.25. The van der Waals surface area contributed by atoms with Gasteiger partial charge < -0.3 is 24.4 Å². The molecule has 2 saturated heterocycles. The topological polar surface area (TPSA) is 119 Å². The van der Waals surface area contributed by atoms with E-state index in [0.29, 0.717) is 43.8 Å². The van der Waals surface area contributed by atoms with Gasteiger partial charge >= 0.3 is 18.9 Å². The number of nitrogens with zero attached hydrogens (tertiary/aromatic N) is 3. The van der Waals surface area contributed by atoms with Crippen molar-refractivity contribution in [1.29, 1.82) is 0 Å². The minimum absolute atomic E-state index is 0. The zero-order chi connectivity index (χ0) is 24.6. The summed E-state index contributed by atoms with van der Waals surface area (Å²) in [5.74, 6) is -0.683. The number of piperidine rings is 1. The predicted octanol–water partition coefficient (Wildman–Crippen LogP) is -0.888. The Morgan fingerprint density at radius 1 is 1.03 bits per heavy atom. The van der Waals surface area contributed by atoms with Crippen LogP contribution in [0.5, 0.6) is 5.75 Å². The van der Waals surface area contributed by atoms with Gasteiger partial charge in [0, 0.05) is 54.3 Å². The van der Waals surface area contributed by atoms with E-state index in [4.69, 9.17) is 4.74 Å². The molecule has 2 aliphatic rings. The zero-order valence-corrected chi connectivity index (χ0v) is 20.3. The number of ether oxygens (including phenoxy) is 1. The van der Waals surface area contributed by atoms with Crippen LogP contribution >= 0.6 is 0 Å². The molecule has 2 aromatic carbocycles. The number of aromatic nitrogens is 2. The van der Waals surface area contributed by atoms with Gasteiger partial charge in [-0.2, -0.15) is 5.10 Å². The molecular weight excluding hydrogens is 455 g/mol. The van der Waals surface area contributed by atoms with Gasteiger partial charge in [-0.15, -0.1) is 0 Å². The summed E-state index contributed by atoms with van der Waals surface area (Å²) < 4.78 is 5.58. The van der Waals surface area contributed by atoms with Crippen molar-refractivity contribution < 1.29 is 43.1 Å². The van der Waals surface area contributed by atoms with Crippen LogP contribution in [0.2, 0.25) is 0 Å². The fourth-order valence-electron chi connectivity index (χ4n) is 5.08. The number of H-pyrrole nitrogens is 1. The third kappa shape index (κ3) is 4.52. The number of carbonyl (C=O) groups is 3. The van der Waals surface area contributed by atoms with Crippen LogP contribution in [0, 0.1) is 5.41 Å². The van der Waals surface area contributed by atoms with Crippen molar-refractivity contribution in [3.05, 3.63) is 66.0 Å². The standard InChI is InChI=1S/C26H26N4O5.Li/c1-35-22-14-20(6-7-21(22)19-15-27-28-16-19)30-13-10-26(25(30)34)8-11-29(12-9-26)23(31)17-2-4-18(5-3-17)24(32)33;/h2-7,14-16H,8-13H2,1H3,(H,27,28)(H,32,33);/q;+1/p-1. The molecule has 1 spiro atoms. The van der Waals surface area contributed by atoms with Gasteiger partial charge in [0.15, 0.2) is 0 Å². The maximum atomic E-state index is 13.5. The summed E-state index contributed by atoms with van der Waals surface area (Å²) in [6.07, 6.45) is 5.44. The predicted molar refractivity (Wildman–Crippen MR) is 126 cm³/mol. The molecule has 1 N–H and O–H groups in total. The maximum Gasteiger partial charge on any atom is 1.00 e. The van der Waals surface area contributed by atoms with Crippen molar-refractivity contribution in [2.75, 3.05) is 31.6 Å². The van der Waals surface area contributed by atoms with E-state index in [9.17, 15) is 19.5 Å². The molecule has 2 fully saturated rings. The molecule has 5 rings (SSSR count). The molecule has 2 amide bonds. The Morgan fingerprint density at radius 2 is 1.69 bits per heavy atom. The molecule has 0 atom stereocenters. The minimum atomic E-state index is -1.28. The monoisotopic (exact) mass is 480 g/mol.